The molecule has 4 nitrogen and oxygen atoms in total. The highest BCUT2D eigenvalue weighted by Crippen LogP contribution is 2.43. The highest BCUT2D eigenvalue weighted by Gasteiger charge is 2.23. The second kappa shape index (κ2) is 5.96. The summed E-state index contributed by atoms with van der Waals surface area (Å²) < 4.78 is 16.2. The van der Waals surface area contributed by atoms with E-state index in [9.17, 15) is 0 Å². The van der Waals surface area contributed by atoms with Crippen LogP contribution >= 0.6 is 0 Å². The van der Waals surface area contributed by atoms with Crippen LogP contribution in [-0.2, 0) is 0 Å². The summed E-state index contributed by atoms with van der Waals surface area (Å²) in [6, 6.07) is 4.34. The molecule has 1 N–H and O–H groups in total. The van der Waals surface area contributed by atoms with Gasteiger partial charge in [0.25, 0.3) is 0 Å². The molecule has 0 aromatic heterocycles. The van der Waals surface area contributed by atoms with Gasteiger partial charge in [-0.1, -0.05) is 6.42 Å². The maximum absolute atomic E-state index is 5.52. The Labute approximate surface area is 108 Å². The van der Waals surface area contributed by atoms with Crippen molar-refractivity contribution < 1.29 is 14.2 Å². The average Bonchev–Trinajstić information content (AvgIpc) is 2.46. The number of benzene rings is 1. The van der Waals surface area contributed by atoms with Gasteiger partial charge in [-0.2, -0.15) is 0 Å². The van der Waals surface area contributed by atoms with Crippen molar-refractivity contribution in [1.29, 1.82) is 0 Å². The van der Waals surface area contributed by atoms with Crippen LogP contribution in [0.3, 0.4) is 0 Å². The van der Waals surface area contributed by atoms with Gasteiger partial charge in [-0.15, -0.1) is 0 Å². The SMILES string of the molecule is COc1ccc([C@@H]2CCCCN2)c(OC)c1OC. The molecule has 0 unspecified atom stereocenters. The minimum Gasteiger partial charge on any atom is -0.493 e. The molecule has 0 aliphatic carbocycles. The van der Waals surface area contributed by atoms with Crippen molar-refractivity contribution >= 4 is 0 Å². The van der Waals surface area contributed by atoms with Gasteiger partial charge in [0.15, 0.2) is 11.5 Å². The lowest BCUT2D eigenvalue weighted by Crippen LogP contribution is -2.27. The summed E-state index contributed by atoms with van der Waals surface area (Å²) in [7, 11) is 4.94. The molecule has 4 heteroatoms. The van der Waals surface area contributed by atoms with Crippen LogP contribution in [0.2, 0.25) is 0 Å². The second-order valence-electron chi connectivity index (χ2n) is 4.43. The highest BCUT2D eigenvalue weighted by atomic mass is 16.5. The largest absolute Gasteiger partial charge is 0.493 e. The quantitative estimate of drug-likeness (QED) is 0.892. The van der Waals surface area contributed by atoms with Crippen molar-refractivity contribution in [2.75, 3.05) is 27.9 Å². The number of methoxy groups -OCH3 is 3. The van der Waals surface area contributed by atoms with E-state index >= 15 is 0 Å². The van der Waals surface area contributed by atoms with E-state index in [2.05, 4.69) is 11.4 Å². The number of hydrogen-bond donors (Lipinski definition) is 1. The van der Waals surface area contributed by atoms with Crippen LogP contribution in [0, 0.1) is 0 Å². The van der Waals surface area contributed by atoms with Crippen LogP contribution in [-0.4, -0.2) is 27.9 Å². The predicted octanol–water partition coefficient (Wildman–Crippen LogP) is 2.53. The molecule has 18 heavy (non-hydrogen) atoms. The maximum atomic E-state index is 5.52. The number of rotatable bonds is 4. The van der Waals surface area contributed by atoms with Crippen LogP contribution in [0.5, 0.6) is 17.2 Å². The molecule has 0 radical (unpaired) electrons. The Morgan fingerprint density at radius 2 is 1.78 bits per heavy atom. The van der Waals surface area contributed by atoms with Crippen LogP contribution in [0.15, 0.2) is 12.1 Å². The number of nitrogens with one attached hydrogen (secondary N) is 1. The van der Waals surface area contributed by atoms with E-state index in [1.165, 1.54) is 12.8 Å². The van der Waals surface area contributed by atoms with E-state index in [0.29, 0.717) is 17.5 Å². The Hall–Kier alpha value is -1.42. The Balaban J connectivity index is 2.40. The monoisotopic (exact) mass is 251 g/mol. The first-order chi connectivity index (χ1) is 8.81. The molecule has 2 rings (SSSR count). The third-order valence-electron chi connectivity index (χ3n) is 3.42. The minimum absolute atomic E-state index is 0.341. The second-order valence-corrected chi connectivity index (χ2v) is 4.43. The highest BCUT2D eigenvalue weighted by molar-refractivity contribution is 5.56. The fourth-order valence-corrected chi connectivity index (χ4v) is 2.52. The molecule has 1 aromatic rings. The molecule has 0 spiro atoms. The lowest BCUT2D eigenvalue weighted by molar-refractivity contribution is 0.315. The van der Waals surface area contributed by atoms with Gasteiger partial charge >= 0.3 is 0 Å². The minimum atomic E-state index is 0.341. The third-order valence-corrected chi connectivity index (χ3v) is 3.42. The van der Waals surface area contributed by atoms with E-state index in [4.69, 9.17) is 14.2 Å². The maximum Gasteiger partial charge on any atom is 0.203 e. The fraction of sp³-hybridized carbons (Fsp3) is 0.571. The summed E-state index contributed by atoms with van der Waals surface area (Å²) in [5.74, 6) is 2.15. The summed E-state index contributed by atoms with van der Waals surface area (Å²) in [5.41, 5.74) is 1.15. The molecule has 100 valence electrons. The van der Waals surface area contributed by atoms with Gasteiger partial charge in [0.2, 0.25) is 5.75 Å². The summed E-state index contributed by atoms with van der Waals surface area (Å²) in [6.07, 6.45) is 3.62. The Bertz CT molecular complexity index is 400. The Morgan fingerprint density at radius 3 is 2.33 bits per heavy atom. The molecule has 1 fully saturated rings. The van der Waals surface area contributed by atoms with Crippen molar-refractivity contribution in [3.8, 4) is 17.2 Å². The van der Waals surface area contributed by atoms with Gasteiger partial charge in [0.05, 0.1) is 21.3 Å². The van der Waals surface area contributed by atoms with E-state index in [1.54, 1.807) is 21.3 Å². The average molecular weight is 251 g/mol. The summed E-state index contributed by atoms with van der Waals surface area (Å²) in [5, 5.41) is 3.52. The summed E-state index contributed by atoms with van der Waals surface area (Å²) >= 11 is 0. The first-order valence-corrected chi connectivity index (χ1v) is 6.34. The number of hydrogen-bond acceptors (Lipinski definition) is 4. The van der Waals surface area contributed by atoms with E-state index in [1.807, 2.05) is 6.07 Å². The summed E-state index contributed by atoms with van der Waals surface area (Å²) in [4.78, 5) is 0. The van der Waals surface area contributed by atoms with Gasteiger partial charge in [-0.3, -0.25) is 0 Å². The van der Waals surface area contributed by atoms with Crippen LogP contribution in [0.4, 0.5) is 0 Å². The Kier molecular flexibility index (Phi) is 4.31. The van der Waals surface area contributed by atoms with Gasteiger partial charge in [-0.05, 0) is 31.5 Å². The molecule has 1 aliphatic heterocycles. The van der Waals surface area contributed by atoms with Gasteiger partial charge in [-0.25, -0.2) is 0 Å². The number of ether oxygens (including phenoxy) is 3. The van der Waals surface area contributed by atoms with Crippen molar-refractivity contribution in [1.82, 2.24) is 5.32 Å². The van der Waals surface area contributed by atoms with Gasteiger partial charge in [0.1, 0.15) is 0 Å². The molecular weight excluding hydrogens is 230 g/mol. The van der Waals surface area contributed by atoms with E-state index < -0.39 is 0 Å². The van der Waals surface area contributed by atoms with Crippen LogP contribution in [0.1, 0.15) is 30.9 Å². The summed E-state index contributed by atoms with van der Waals surface area (Å²) in [6.45, 7) is 1.06. The molecule has 0 bridgehead atoms. The van der Waals surface area contributed by atoms with Gasteiger partial charge < -0.3 is 19.5 Å². The first kappa shape index (κ1) is 13.0. The topological polar surface area (TPSA) is 39.7 Å². The zero-order valence-corrected chi connectivity index (χ0v) is 11.3. The molecule has 1 aromatic carbocycles. The smallest absolute Gasteiger partial charge is 0.203 e. The van der Waals surface area contributed by atoms with Crippen molar-refractivity contribution in [3.05, 3.63) is 17.7 Å². The zero-order valence-electron chi connectivity index (χ0n) is 11.3. The van der Waals surface area contributed by atoms with Crippen LogP contribution < -0.4 is 19.5 Å². The normalized spacial score (nSPS) is 19.4. The van der Waals surface area contributed by atoms with E-state index in [0.717, 1.165) is 24.3 Å². The number of piperidine rings is 1. The third kappa shape index (κ3) is 2.38. The molecule has 1 heterocycles. The molecule has 1 atom stereocenters. The van der Waals surface area contributed by atoms with Crippen LogP contribution in [0.25, 0.3) is 0 Å². The van der Waals surface area contributed by atoms with Gasteiger partial charge in [0, 0.05) is 11.6 Å². The molecular formula is C14H21NO3. The molecule has 1 aliphatic rings. The van der Waals surface area contributed by atoms with Crippen molar-refractivity contribution in [2.24, 2.45) is 0 Å². The molecule has 1 saturated heterocycles. The van der Waals surface area contributed by atoms with E-state index in [-0.39, 0.29) is 0 Å². The van der Waals surface area contributed by atoms with Crippen molar-refractivity contribution in [2.45, 2.75) is 25.3 Å². The standard InChI is InChI=1S/C14H21NO3/c1-16-12-8-7-10(11-6-4-5-9-15-11)13(17-2)14(12)18-3/h7-8,11,15H,4-6,9H2,1-3H3/t11-/m0/s1. The van der Waals surface area contributed by atoms with Crippen molar-refractivity contribution in [3.63, 3.8) is 0 Å². The fourth-order valence-electron chi connectivity index (χ4n) is 2.52. The zero-order chi connectivity index (χ0) is 13.0. The molecule has 0 amide bonds. The predicted molar refractivity (Wildman–Crippen MR) is 70.7 cm³/mol. The lowest BCUT2D eigenvalue weighted by Gasteiger charge is -2.26. The lowest BCUT2D eigenvalue weighted by atomic mass is 9.96. The Morgan fingerprint density at radius 1 is 1.00 bits per heavy atom. The first-order valence-electron chi connectivity index (χ1n) is 6.34. The molecule has 0 saturated carbocycles.